The van der Waals surface area contributed by atoms with Crippen molar-refractivity contribution in [3.8, 4) is 17.2 Å². The van der Waals surface area contributed by atoms with Crippen molar-refractivity contribution < 1.29 is 45.1 Å². The highest BCUT2D eigenvalue weighted by Crippen LogP contribution is 2.43. The normalized spacial score (nSPS) is 18.2. The summed E-state index contributed by atoms with van der Waals surface area (Å²) in [5, 5.41) is 0. The Kier molecular flexibility index (Phi) is 8.09. The van der Waals surface area contributed by atoms with Crippen LogP contribution in [0.2, 0.25) is 0 Å². The van der Waals surface area contributed by atoms with Crippen molar-refractivity contribution in [1.82, 2.24) is 4.90 Å². The molecule has 3 rings (SSSR count). The Morgan fingerprint density at radius 3 is 2.25 bits per heavy atom. The summed E-state index contributed by atoms with van der Waals surface area (Å²) in [6, 6.07) is 7.77. The number of carbonyl (C=O) groups excluding carboxylic acids is 1. The van der Waals surface area contributed by atoms with E-state index in [1.54, 1.807) is 0 Å². The Morgan fingerprint density at radius 1 is 1.08 bits per heavy atom. The first-order chi connectivity index (χ1) is 16.8. The molecular weight excluding hydrogens is 503 g/mol. The number of hydrogen-bond acceptors (Lipinski definition) is 7. The SMILES string of the molecule is COc1cc(C(=O)N2CCC(CCCS(=O)(=O)[O-])(c3cccc(C(F)(F)F)c3)C2)cc(OC)c1OC. The fourth-order valence-corrected chi connectivity index (χ4v) is 5.13. The van der Waals surface area contributed by atoms with Crippen molar-refractivity contribution in [3.63, 3.8) is 0 Å². The van der Waals surface area contributed by atoms with E-state index in [1.165, 1.54) is 50.5 Å². The maximum atomic E-state index is 13.4. The largest absolute Gasteiger partial charge is 0.748 e. The number of nitrogens with zero attached hydrogens (tertiary/aromatic N) is 1. The number of ether oxygens (including phenoxy) is 3. The van der Waals surface area contributed by atoms with Crippen LogP contribution in [-0.2, 0) is 21.7 Å². The molecule has 2 aromatic rings. The highest BCUT2D eigenvalue weighted by atomic mass is 32.2. The number of rotatable bonds is 9. The number of methoxy groups -OCH3 is 3. The summed E-state index contributed by atoms with van der Waals surface area (Å²) in [6.45, 7) is 0.262. The maximum Gasteiger partial charge on any atom is 0.416 e. The third-order valence-corrected chi connectivity index (χ3v) is 7.19. The summed E-state index contributed by atoms with van der Waals surface area (Å²) in [5.41, 5.74) is -1.24. The molecule has 0 spiro atoms. The summed E-state index contributed by atoms with van der Waals surface area (Å²) in [5.74, 6) is -0.211. The van der Waals surface area contributed by atoms with E-state index in [2.05, 4.69) is 0 Å². The lowest BCUT2D eigenvalue weighted by atomic mass is 9.75. The molecule has 0 radical (unpaired) electrons. The fraction of sp³-hybridized carbons (Fsp3) is 0.458. The van der Waals surface area contributed by atoms with E-state index in [9.17, 15) is 30.9 Å². The quantitative estimate of drug-likeness (QED) is 0.454. The zero-order valence-corrected chi connectivity index (χ0v) is 20.9. The van der Waals surface area contributed by atoms with Gasteiger partial charge in [-0.25, -0.2) is 8.42 Å². The van der Waals surface area contributed by atoms with Gasteiger partial charge in [-0.15, -0.1) is 0 Å². The molecule has 1 aliphatic rings. The predicted octanol–water partition coefficient (Wildman–Crippen LogP) is 3.84. The molecule has 12 heteroatoms. The number of likely N-dealkylation sites (tertiary alicyclic amines) is 1. The molecular formula is C24H27F3NO7S-. The third-order valence-electron chi connectivity index (χ3n) is 6.40. The molecule has 0 bridgehead atoms. The van der Waals surface area contributed by atoms with Crippen molar-refractivity contribution in [1.29, 1.82) is 0 Å². The van der Waals surface area contributed by atoms with E-state index in [4.69, 9.17) is 14.2 Å². The lowest BCUT2D eigenvalue weighted by Gasteiger charge is -2.31. The molecule has 0 aromatic heterocycles. The van der Waals surface area contributed by atoms with E-state index in [1.807, 2.05) is 0 Å². The first-order valence-corrected chi connectivity index (χ1v) is 12.6. The minimum absolute atomic E-state index is 0.0444. The van der Waals surface area contributed by atoms with Gasteiger partial charge in [0.2, 0.25) is 5.75 Å². The number of halogens is 3. The van der Waals surface area contributed by atoms with Crippen molar-refractivity contribution in [2.75, 3.05) is 40.2 Å². The lowest BCUT2D eigenvalue weighted by molar-refractivity contribution is -0.137. The van der Waals surface area contributed by atoms with Gasteiger partial charge in [0.1, 0.15) is 0 Å². The van der Waals surface area contributed by atoms with E-state index in [0.29, 0.717) is 17.7 Å². The van der Waals surface area contributed by atoms with Gasteiger partial charge in [-0.3, -0.25) is 4.79 Å². The number of benzene rings is 2. The van der Waals surface area contributed by atoms with Gasteiger partial charge in [-0.05, 0) is 43.0 Å². The van der Waals surface area contributed by atoms with Crippen LogP contribution in [0.5, 0.6) is 17.2 Å². The van der Waals surface area contributed by atoms with Gasteiger partial charge in [0.05, 0.1) is 37.0 Å². The predicted molar refractivity (Wildman–Crippen MR) is 124 cm³/mol. The van der Waals surface area contributed by atoms with Gasteiger partial charge < -0.3 is 23.7 Å². The Bertz CT molecular complexity index is 1190. The van der Waals surface area contributed by atoms with Gasteiger partial charge in [-0.2, -0.15) is 13.2 Å². The Hall–Kier alpha value is -2.99. The molecule has 1 amide bonds. The highest BCUT2D eigenvalue weighted by Gasteiger charge is 2.42. The number of carbonyl (C=O) groups is 1. The average molecular weight is 531 g/mol. The van der Waals surface area contributed by atoms with Crippen LogP contribution in [0.25, 0.3) is 0 Å². The molecule has 0 N–H and O–H groups in total. The minimum atomic E-state index is -4.57. The van der Waals surface area contributed by atoms with Crippen LogP contribution < -0.4 is 14.2 Å². The summed E-state index contributed by atoms with van der Waals surface area (Å²) in [4.78, 5) is 14.9. The summed E-state index contributed by atoms with van der Waals surface area (Å²) < 4.78 is 89.6. The second kappa shape index (κ2) is 10.6. The Balaban J connectivity index is 1.96. The van der Waals surface area contributed by atoms with E-state index < -0.39 is 38.9 Å². The van der Waals surface area contributed by atoms with Gasteiger partial charge in [0.15, 0.2) is 11.5 Å². The van der Waals surface area contributed by atoms with Gasteiger partial charge in [0, 0.05) is 29.8 Å². The maximum absolute atomic E-state index is 13.4. The molecule has 1 aliphatic heterocycles. The van der Waals surface area contributed by atoms with Crippen LogP contribution in [0.15, 0.2) is 36.4 Å². The molecule has 1 unspecified atom stereocenters. The Labute approximate surface area is 207 Å². The van der Waals surface area contributed by atoms with Crippen LogP contribution >= 0.6 is 0 Å². The average Bonchev–Trinajstić information content (AvgIpc) is 3.26. The third kappa shape index (κ3) is 6.04. The van der Waals surface area contributed by atoms with Crippen molar-refractivity contribution in [2.24, 2.45) is 0 Å². The first-order valence-electron chi connectivity index (χ1n) is 11.0. The molecule has 1 saturated heterocycles. The van der Waals surface area contributed by atoms with Crippen molar-refractivity contribution in [3.05, 3.63) is 53.1 Å². The van der Waals surface area contributed by atoms with Crippen molar-refractivity contribution in [2.45, 2.75) is 30.9 Å². The molecule has 1 heterocycles. The first kappa shape index (κ1) is 27.6. The highest BCUT2D eigenvalue weighted by molar-refractivity contribution is 7.85. The number of hydrogen-bond donors (Lipinski definition) is 0. The topological polar surface area (TPSA) is 105 Å². The summed E-state index contributed by atoms with van der Waals surface area (Å²) in [7, 11) is -0.263. The molecule has 198 valence electrons. The van der Waals surface area contributed by atoms with Crippen LogP contribution in [0.1, 0.15) is 40.7 Å². The lowest BCUT2D eigenvalue weighted by Crippen LogP contribution is -2.35. The minimum Gasteiger partial charge on any atom is -0.748 e. The van der Waals surface area contributed by atoms with Crippen LogP contribution in [0.3, 0.4) is 0 Å². The fourth-order valence-electron chi connectivity index (χ4n) is 4.63. The molecule has 2 aromatic carbocycles. The summed E-state index contributed by atoms with van der Waals surface area (Å²) >= 11 is 0. The number of alkyl halides is 3. The van der Waals surface area contributed by atoms with E-state index in [-0.39, 0.29) is 43.0 Å². The number of amides is 1. The second-order valence-corrected chi connectivity index (χ2v) is 10.1. The molecule has 36 heavy (non-hydrogen) atoms. The van der Waals surface area contributed by atoms with Gasteiger partial charge in [0.25, 0.3) is 5.91 Å². The van der Waals surface area contributed by atoms with Gasteiger partial charge >= 0.3 is 6.18 Å². The summed E-state index contributed by atoms with van der Waals surface area (Å²) in [6.07, 6.45) is -4.20. The van der Waals surface area contributed by atoms with Crippen molar-refractivity contribution >= 4 is 16.0 Å². The van der Waals surface area contributed by atoms with Crippen LogP contribution in [-0.4, -0.2) is 63.9 Å². The standard InChI is InChI=1S/C24H28F3NO7S/c1-33-19-12-16(13-20(34-2)21(19)35-3)22(29)28-10-9-23(15-28,8-5-11-36(30,31)32)17-6-4-7-18(14-17)24(25,26)27/h4,6-7,12-14H,5,8-11,15H2,1-3H3,(H,30,31,32)/p-1. The second-order valence-electron chi connectivity index (χ2n) is 8.61. The molecule has 1 fully saturated rings. The van der Waals surface area contributed by atoms with Crippen LogP contribution in [0.4, 0.5) is 13.2 Å². The van der Waals surface area contributed by atoms with Crippen LogP contribution in [0, 0.1) is 0 Å². The molecule has 0 aliphatic carbocycles. The molecule has 0 saturated carbocycles. The molecule has 1 atom stereocenters. The zero-order chi connectivity index (χ0) is 26.7. The zero-order valence-electron chi connectivity index (χ0n) is 20.1. The monoisotopic (exact) mass is 530 g/mol. The van der Waals surface area contributed by atoms with Gasteiger partial charge in [-0.1, -0.05) is 18.2 Å². The smallest absolute Gasteiger partial charge is 0.416 e. The molecule has 8 nitrogen and oxygen atoms in total. The van der Waals surface area contributed by atoms with E-state index >= 15 is 0 Å². The van der Waals surface area contributed by atoms with E-state index in [0.717, 1.165) is 12.1 Å². The Morgan fingerprint density at radius 2 is 1.72 bits per heavy atom.